The third kappa shape index (κ3) is 4.54. The number of fused-ring (bicyclic) bond motifs is 1. The highest BCUT2D eigenvalue weighted by Crippen LogP contribution is 2.24. The lowest BCUT2D eigenvalue weighted by molar-refractivity contribution is 0.0601. The number of aryl methyl sites for hydroxylation is 1. The molecule has 1 aromatic heterocycles. The van der Waals surface area contributed by atoms with E-state index >= 15 is 0 Å². The molecule has 184 valence electrons. The van der Waals surface area contributed by atoms with E-state index in [4.69, 9.17) is 9.72 Å². The SMILES string of the molecule is COC(=O)c1ccc2c(=O)n(Cc3ccc(C)cc3)c(N3CCN(c4ccccc4F)CC3)nc2c1. The molecule has 0 saturated carbocycles. The van der Waals surface area contributed by atoms with Crippen molar-refractivity contribution >= 4 is 28.5 Å². The second kappa shape index (κ2) is 9.81. The van der Waals surface area contributed by atoms with Gasteiger partial charge in [0.2, 0.25) is 5.95 Å². The molecule has 5 rings (SSSR count). The summed E-state index contributed by atoms with van der Waals surface area (Å²) in [6.45, 7) is 4.69. The molecule has 0 bridgehead atoms. The molecule has 1 fully saturated rings. The van der Waals surface area contributed by atoms with Gasteiger partial charge in [-0.25, -0.2) is 14.2 Å². The molecule has 0 aliphatic carbocycles. The predicted molar refractivity (Wildman–Crippen MR) is 138 cm³/mol. The Morgan fingerprint density at radius 1 is 0.972 bits per heavy atom. The summed E-state index contributed by atoms with van der Waals surface area (Å²) < 4.78 is 20.9. The Balaban J connectivity index is 1.54. The van der Waals surface area contributed by atoms with Crippen LogP contribution in [0, 0.1) is 12.7 Å². The molecule has 0 unspecified atom stereocenters. The van der Waals surface area contributed by atoms with Crippen molar-refractivity contribution in [1.82, 2.24) is 9.55 Å². The van der Waals surface area contributed by atoms with E-state index in [1.54, 1.807) is 34.9 Å². The van der Waals surface area contributed by atoms with Crippen molar-refractivity contribution in [3.63, 3.8) is 0 Å². The standard InChI is InChI=1S/C28H27FN4O3/c1-19-7-9-20(10-8-19)18-33-26(34)22-12-11-21(27(35)36-2)17-24(22)30-28(33)32-15-13-31(14-16-32)25-6-4-3-5-23(25)29/h3-12,17H,13-16,18H2,1-2H3. The number of anilines is 2. The smallest absolute Gasteiger partial charge is 0.337 e. The van der Waals surface area contributed by atoms with E-state index in [1.807, 2.05) is 42.2 Å². The van der Waals surface area contributed by atoms with Gasteiger partial charge in [-0.15, -0.1) is 0 Å². The summed E-state index contributed by atoms with van der Waals surface area (Å²) in [4.78, 5) is 34.7. The minimum Gasteiger partial charge on any atom is -0.465 e. The van der Waals surface area contributed by atoms with Gasteiger partial charge in [0.25, 0.3) is 5.56 Å². The average molecular weight is 487 g/mol. The predicted octanol–water partition coefficient (Wildman–Crippen LogP) is 4.01. The number of benzene rings is 3. The number of aromatic nitrogens is 2. The van der Waals surface area contributed by atoms with Crippen molar-refractivity contribution in [1.29, 1.82) is 0 Å². The molecule has 3 aromatic carbocycles. The average Bonchev–Trinajstić information content (AvgIpc) is 2.91. The molecule has 4 aromatic rings. The van der Waals surface area contributed by atoms with Gasteiger partial charge in [0.1, 0.15) is 5.82 Å². The summed E-state index contributed by atoms with van der Waals surface area (Å²) >= 11 is 0. The first-order valence-corrected chi connectivity index (χ1v) is 11.9. The van der Waals surface area contributed by atoms with Gasteiger partial charge in [-0.1, -0.05) is 42.0 Å². The van der Waals surface area contributed by atoms with E-state index in [9.17, 15) is 14.0 Å². The monoisotopic (exact) mass is 486 g/mol. The highest BCUT2D eigenvalue weighted by Gasteiger charge is 2.24. The van der Waals surface area contributed by atoms with Crippen LogP contribution in [0.25, 0.3) is 10.9 Å². The maximum atomic E-state index is 14.3. The Hall–Kier alpha value is -4.20. The van der Waals surface area contributed by atoms with Crippen LogP contribution in [-0.4, -0.2) is 48.8 Å². The van der Waals surface area contributed by atoms with Crippen molar-refractivity contribution in [3.05, 3.63) is 99.6 Å². The van der Waals surface area contributed by atoms with Gasteiger partial charge >= 0.3 is 5.97 Å². The van der Waals surface area contributed by atoms with Crippen LogP contribution in [-0.2, 0) is 11.3 Å². The summed E-state index contributed by atoms with van der Waals surface area (Å²) in [6.07, 6.45) is 0. The minimum absolute atomic E-state index is 0.177. The van der Waals surface area contributed by atoms with Crippen LogP contribution in [0.1, 0.15) is 21.5 Å². The molecule has 0 atom stereocenters. The van der Waals surface area contributed by atoms with E-state index in [0.717, 1.165) is 11.1 Å². The number of halogens is 1. The van der Waals surface area contributed by atoms with Gasteiger partial charge in [0, 0.05) is 26.2 Å². The number of esters is 1. The summed E-state index contributed by atoms with van der Waals surface area (Å²) in [6, 6.07) is 19.6. The van der Waals surface area contributed by atoms with Crippen LogP contribution in [0.2, 0.25) is 0 Å². The number of carbonyl (C=O) groups excluding carboxylic acids is 1. The number of nitrogens with zero attached hydrogens (tertiary/aromatic N) is 4. The van der Waals surface area contributed by atoms with E-state index < -0.39 is 5.97 Å². The van der Waals surface area contributed by atoms with Gasteiger partial charge in [-0.2, -0.15) is 0 Å². The van der Waals surface area contributed by atoms with E-state index in [1.165, 1.54) is 13.2 Å². The second-order valence-electron chi connectivity index (χ2n) is 8.94. The molecular weight excluding hydrogens is 459 g/mol. The summed E-state index contributed by atoms with van der Waals surface area (Å²) in [5.41, 5.74) is 3.30. The highest BCUT2D eigenvalue weighted by molar-refractivity contribution is 5.94. The Morgan fingerprint density at radius 3 is 2.36 bits per heavy atom. The first-order valence-electron chi connectivity index (χ1n) is 11.9. The van der Waals surface area contributed by atoms with Crippen molar-refractivity contribution in [3.8, 4) is 0 Å². The fraction of sp³-hybridized carbons (Fsp3) is 0.250. The lowest BCUT2D eigenvalue weighted by Crippen LogP contribution is -2.48. The van der Waals surface area contributed by atoms with Gasteiger partial charge in [-0.05, 0) is 42.8 Å². The molecule has 36 heavy (non-hydrogen) atoms. The molecule has 7 nitrogen and oxygen atoms in total. The van der Waals surface area contributed by atoms with Crippen LogP contribution >= 0.6 is 0 Å². The molecule has 0 N–H and O–H groups in total. The number of methoxy groups -OCH3 is 1. The number of carbonyl (C=O) groups is 1. The zero-order chi connectivity index (χ0) is 25.2. The van der Waals surface area contributed by atoms with E-state index in [2.05, 4.69) is 4.90 Å². The first-order chi connectivity index (χ1) is 17.4. The molecule has 0 radical (unpaired) electrons. The topological polar surface area (TPSA) is 67.7 Å². The summed E-state index contributed by atoms with van der Waals surface area (Å²) in [5.74, 6) is -0.202. The van der Waals surface area contributed by atoms with Crippen LogP contribution < -0.4 is 15.4 Å². The number of piperazine rings is 1. The highest BCUT2D eigenvalue weighted by atomic mass is 19.1. The number of hydrogen-bond donors (Lipinski definition) is 0. The molecular formula is C28H27FN4O3. The van der Waals surface area contributed by atoms with Gasteiger partial charge in [0.05, 0.1) is 35.8 Å². The fourth-order valence-corrected chi connectivity index (χ4v) is 4.57. The molecule has 1 aliphatic rings. The van der Waals surface area contributed by atoms with Gasteiger partial charge < -0.3 is 14.5 Å². The third-order valence-electron chi connectivity index (χ3n) is 6.57. The zero-order valence-electron chi connectivity index (χ0n) is 20.3. The van der Waals surface area contributed by atoms with E-state index in [0.29, 0.717) is 60.8 Å². The van der Waals surface area contributed by atoms with E-state index in [-0.39, 0.29) is 11.4 Å². The quantitative estimate of drug-likeness (QED) is 0.397. The largest absolute Gasteiger partial charge is 0.465 e. The van der Waals surface area contributed by atoms with Crippen LogP contribution in [0.3, 0.4) is 0 Å². The molecule has 2 heterocycles. The lowest BCUT2D eigenvalue weighted by atomic mass is 10.1. The van der Waals surface area contributed by atoms with Crippen LogP contribution in [0.5, 0.6) is 0 Å². The summed E-state index contributed by atoms with van der Waals surface area (Å²) in [7, 11) is 1.32. The number of para-hydroxylation sites is 1. The van der Waals surface area contributed by atoms with Crippen molar-refractivity contribution in [2.45, 2.75) is 13.5 Å². The number of ether oxygens (including phenoxy) is 1. The Labute approximate surface area is 208 Å². The molecule has 0 amide bonds. The van der Waals surface area contributed by atoms with Crippen molar-refractivity contribution < 1.29 is 13.9 Å². The zero-order valence-corrected chi connectivity index (χ0v) is 20.3. The van der Waals surface area contributed by atoms with Crippen LogP contribution in [0.15, 0.2) is 71.5 Å². The number of rotatable bonds is 5. The molecule has 1 aliphatic heterocycles. The van der Waals surface area contributed by atoms with Crippen LogP contribution in [0.4, 0.5) is 16.0 Å². The second-order valence-corrected chi connectivity index (χ2v) is 8.94. The number of hydrogen-bond acceptors (Lipinski definition) is 6. The normalized spacial score (nSPS) is 13.8. The minimum atomic E-state index is -0.484. The first kappa shape index (κ1) is 23.5. The third-order valence-corrected chi connectivity index (χ3v) is 6.57. The van der Waals surface area contributed by atoms with Gasteiger partial charge in [0.15, 0.2) is 0 Å². The molecule has 0 spiro atoms. The lowest BCUT2D eigenvalue weighted by Gasteiger charge is -2.37. The maximum absolute atomic E-state index is 14.3. The maximum Gasteiger partial charge on any atom is 0.337 e. The fourth-order valence-electron chi connectivity index (χ4n) is 4.57. The Bertz CT molecular complexity index is 1470. The Morgan fingerprint density at radius 2 is 1.67 bits per heavy atom. The Kier molecular flexibility index (Phi) is 6.41. The molecule has 8 heteroatoms. The van der Waals surface area contributed by atoms with Crippen molar-refractivity contribution in [2.75, 3.05) is 43.1 Å². The summed E-state index contributed by atoms with van der Waals surface area (Å²) in [5, 5.41) is 0.434. The molecule has 1 saturated heterocycles. The van der Waals surface area contributed by atoms with Gasteiger partial charge in [-0.3, -0.25) is 9.36 Å². The van der Waals surface area contributed by atoms with Crippen molar-refractivity contribution in [2.24, 2.45) is 0 Å².